The van der Waals surface area contributed by atoms with Gasteiger partial charge >= 0.3 is 11.8 Å². The highest BCUT2D eigenvalue weighted by Crippen LogP contribution is 2.14. The minimum absolute atomic E-state index is 0.0390. The van der Waals surface area contributed by atoms with Gasteiger partial charge in [0.25, 0.3) is 0 Å². The minimum Gasteiger partial charge on any atom is -0.348 e. The molecule has 8 heteroatoms. The quantitative estimate of drug-likeness (QED) is 0.827. The molecule has 0 aliphatic carbocycles. The van der Waals surface area contributed by atoms with Crippen LogP contribution in [0, 0.1) is 5.92 Å². The maximum absolute atomic E-state index is 12.2. The monoisotopic (exact) mass is 337 g/mol. The van der Waals surface area contributed by atoms with Gasteiger partial charge in [0.15, 0.2) is 15.7 Å². The zero-order valence-electron chi connectivity index (χ0n) is 13.0. The molecule has 0 fully saturated rings. The van der Waals surface area contributed by atoms with E-state index in [-0.39, 0.29) is 16.6 Å². The van der Waals surface area contributed by atoms with Gasteiger partial charge in [-0.05, 0) is 24.5 Å². The molecule has 1 N–H and O–H groups in total. The predicted octanol–water partition coefficient (Wildman–Crippen LogP) is 1.82. The molecule has 0 saturated heterocycles. The molecular weight excluding hydrogens is 318 g/mol. The van der Waals surface area contributed by atoms with Crippen molar-refractivity contribution in [2.75, 3.05) is 6.54 Å². The van der Waals surface area contributed by atoms with Crippen LogP contribution in [0.5, 0.6) is 0 Å². The largest absolute Gasteiger partial charge is 0.348 e. The number of benzene rings is 1. The molecule has 1 amide bonds. The third-order valence-corrected chi connectivity index (χ3v) is 4.72. The molecule has 0 atom stereocenters. The number of aromatic nitrogens is 2. The molecule has 7 nitrogen and oxygen atoms in total. The summed E-state index contributed by atoms with van der Waals surface area (Å²) in [7, 11) is -3.57. The summed E-state index contributed by atoms with van der Waals surface area (Å²) >= 11 is 0. The second kappa shape index (κ2) is 7.36. The molecule has 0 bridgehead atoms. The average Bonchev–Trinajstić information content (AvgIpc) is 2.95. The molecule has 1 heterocycles. The van der Waals surface area contributed by atoms with Crippen molar-refractivity contribution in [2.24, 2.45) is 5.92 Å². The van der Waals surface area contributed by atoms with E-state index in [1.807, 2.05) is 13.8 Å². The van der Waals surface area contributed by atoms with Crippen molar-refractivity contribution in [3.05, 3.63) is 42.0 Å². The van der Waals surface area contributed by atoms with Crippen LogP contribution in [0.15, 0.2) is 39.8 Å². The molecule has 2 rings (SSSR count). The number of carbonyl (C=O) groups excluding carboxylic acids is 1. The Bertz CT molecular complexity index is 754. The van der Waals surface area contributed by atoms with E-state index in [1.165, 1.54) is 12.1 Å². The molecule has 0 spiro atoms. The second-order valence-electron chi connectivity index (χ2n) is 5.53. The summed E-state index contributed by atoms with van der Waals surface area (Å²) in [6, 6.07) is 7.99. The average molecular weight is 337 g/mol. The molecule has 2 aromatic rings. The summed E-state index contributed by atoms with van der Waals surface area (Å²) in [5.74, 6) is -0.722. The van der Waals surface area contributed by atoms with Crippen molar-refractivity contribution in [3.8, 4) is 0 Å². The van der Waals surface area contributed by atoms with Gasteiger partial charge in [0.2, 0.25) is 0 Å². The fourth-order valence-corrected chi connectivity index (χ4v) is 3.03. The van der Waals surface area contributed by atoms with Crippen molar-refractivity contribution in [1.29, 1.82) is 0 Å². The number of sulfone groups is 1. The molecule has 0 aliphatic rings. The lowest BCUT2D eigenvalue weighted by Crippen LogP contribution is -2.25. The molecule has 0 radical (unpaired) electrons. The highest BCUT2D eigenvalue weighted by molar-refractivity contribution is 7.90. The molecular formula is C15H19N3O4S. The maximum atomic E-state index is 12.2. The number of carbonyl (C=O) groups is 1. The van der Waals surface area contributed by atoms with Gasteiger partial charge < -0.3 is 9.84 Å². The van der Waals surface area contributed by atoms with Crippen LogP contribution in [-0.2, 0) is 15.6 Å². The van der Waals surface area contributed by atoms with Gasteiger partial charge in [-0.1, -0.05) is 37.2 Å². The Balaban J connectivity index is 2.01. The van der Waals surface area contributed by atoms with E-state index in [0.29, 0.717) is 12.5 Å². The molecule has 0 aliphatic heterocycles. The number of hydrogen-bond donors (Lipinski definition) is 1. The third kappa shape index (κ3) is 4.88. The minimum atomic E-state index is -3.57. The highest BCUT2D eigenvalue weighted by atomic mass is 32.2. The Morgan fingerprint density at radius 2 is 1.96 bits per heavy atom. The SMILES string of the molecule is CC(C)CCNC(=O)c1nc(CS(=O)(=O)c2ccccc2)no1. The van der Waals surface area contributed by atoms with Crippen molar-refractivity contribution in [1.82, 2.24) is 15.5 Å². The first-order valence-corrected chi connectivity index (χ1v) is 8.92. The number of amides is 1. The summed E-state index contributed by atoms with van der Waals surface area (Å²) in [6.07, 6.45) is 0.828. The lowest BCUT2D eigenvalue weighted by molar-refractivity contribution is 0.0908. The van der Waals surface area contributed by atoms with Crippen molar-refractivity contribution in [3.63, 3.8) is 0 Å². The summed E-state index contributed by atoms with van der Waals surface area (Å²) in [6.45, 7) is 4.59. The number of rotatable bonds is 7. The van der Waals surface area contributed by atoms with Crippen molar-refractivity contribution < 1.29 is 17.7 Å². The van der Waals surface area contributed by atoms with Gasteiger partial charge in [-0.2, -0.15) is 4.98 Å². The molecule has 1 aromatic carbocycles. The predicted molar refractivity (Wildman–Crippen MR) is 83.4 cm³/mol. The van der Waals surface area contributed by atoms with Crippen molar-refractivity contribution >= 4 is 15.7 Å². The molecule has 0 unspecified atom stereocenters. The smallest absolute Gasteiger partial charge is 0.315 e. The van der Waals surface area contributed by atoms with E-state index in [9.17, 15) is 13.2 Å². The zero-order valence-corrected chi connectivity index (χ0v) is 13.8. The Morgan fingerprint density at radius 1 is 1.26 bits per heavy atom. The van der Waals surface area contributed by atoms with Crippen LogP contribution in [0.1, 0.15) is 36.8 Å². The van der Waals surface area contributed by atoms with Crippen LogP contribution < -0.4 is 5.32 Å². The van der Waals surface area contributed by atoms with Crippen LogP contribution in [0.25, 0.3) is 0 Å². The fraction of sp³-hybridized carbons (Fsp3) is 0.400. The number of nitrogens with one attached hydrogen (secondary N) is 1. The van der Waals surface area contributed by atoms with E-state index in [4.69, 9.17) is 4.52 Å². The van der Waals surface area contributed by atoms with Crippen molar-refractivity contribution in [2.45, 2.75) is 30.9 Å². The van der Waals surface area contributed by atoms with Gasteiger partial charge in [-0.25, -0.2) is 8.42 Å². The molecule has 124 valence electrons. The van der Waals surface area contributed by atoms with Gasteiger partial charge in [0.1, 0.15) is 5.75 Å². The maximum Gasteiger partial charge on any atom is 0.315 e. The van der Waals surface area contributed by atoms with Crippen LogP contribution in [0.3, 0.4) is 0 Å². The van der Waals surface area contributed by atoms with E-state index in [1.54, 1.807) is 18.2 Å². The summed E-state index contributed by atoms with van der Waals surface area (Å²) < 4.78 is 29.2. The van der Waals surface area contributed by atoms with Crippen LogP contribution in [0.4, 0.5) is 0 Å². The zero-order chi connectivity index (χ0) is 16.9. The molecule has 23 heavy (non-hydrogen) atoms. The van der Waals surface area contributed by atoms with Gasteiger partial charge in [-0.3, -0.25) is 4.79 Å². The third-order valence-electron chi connectivity index (χ3n) is 3.09. The van der Waals surface area contributed by atoms with Gasteiger partial charge in [0, 0.05) is 6.54 Å². The summed E-state index contributed by atoms with van der Waals surface area (Å²) in [5, 5.41) is 6.22. The lowest BCUT2D eigenvalue weighted by Gasteiger charge is -2.04. The number of nitrogens with zero attached hydrogens (tertiary/aromatic N) is 2. The topological polar surface area (TPSA) is 102 Å². The van der Waals surface area contributed by atoms with Crippen LogP contribution >= 0.6 is 0 Å². The summed E-state index contributed by atoms with van der Waals surface area (Å²) in [5.41, 5.74) is 0. The standard InChI is InChI=1S/C15H19N3O4S/c1-11(2)8-9-16-14(19)15-17-13(18-22-15)10-23(20,21)12-6-4-3-5-7-12/h3-7,11H,8-10H2,1-2H3,(H,16,19). The first-order valence-electron chi connectivity index (χ1n) is 7.27. The van der Waals surface area contributed by atoms with Gasteiger partial charge in [-0.15, -0.1) is 0 Å². The van der Waals surface area contributed by atoms with Gasteiger partial charge in [0.05, 0.1) is 4.90 Å². The number of hydrogen-bond acceptors (Lipinski definition) is 6. The van der Waals surface area contributed by atoms with E-state index < -0.39 is 21.5 Å². The Labute approximate surface area is 135 Å². The van der Waals surface area contributed by atoms with Crippen LogP contribution in [0.2, 0.25) is 0 Å². The lowest BCUT2D eigenvalue weighted by atomic mass is 10.1. The van der Waals surface area contributed by atoms with E-state index in [0.717, 1.165) is 6.42 Å². The van der Waals surface area contributed by atoms with E-state index in [2.05, 4.69) is 15.5 Å². The second-order valence-corrected chi connectivity index (χ2v) is 7.52. The normalized spacial score (nSPS) is 11.6. The Kier molecular flexibility index (Phi) is 5.49. The molecule has 1 aromatic heterocycles. The molecule has 0 saturated carbocycles. The fourth-order valence-electron chi connectivity index (χ4n) is 1.84. The first-order chi connectivity index (χ1) is 10.9. The summed E-state index contributed by atoms with van der Waals surface area (Å²) in [4.78, 5) is 15.8. The Hall–Kier alpha value is -2.22. The Morgan fingerprint density at radius 3 is 2.61 bits per heavy atom. The first kappa shape index (κ1) is 17.1. The highest BCUT2D eigenvalue weighted by Gasteiger charge is 2.21. The van der Waals surface area contributed by atoms with Crippen LogP contribution in [-0.4, -0.2) is 31.0 Å². The van der Waals surface area contributed by atoms with E-state index >= 15 is 0 Å².